The van der Waals surface area contributed by atoms with Gasteiger partial charge in [-0.3, -0.25) is 0 Å². The first-order valence-corrected chi connectivity index (χ1v) is 6.63. The number of hydrogen-bond donors (Lipinski definition) is 1. The van der Waals surface area contributed by atoms with Gasteiger partial charge < -0.3 is 14.7 Å². The Kier molecular flexibility index (Phi) is 6.55. The molecule has 0 heterocycles. The molecule has 0 bridgehead atoms. The van der Waals surface area contributed by atoms with Gasteiger partial charge in [-0.1, -0.05) is 12.1 Å². The zero-order chi connectivity index (χ0) is 12.7. The van der Waals surface area contributed by atoms with E-state index in [2.05, 4.69) is 20.8 Å². The Bertz CT molecular complexity index is 331. The van der Waals surface area contributed by atoms with Gasteiger partial charge in [0.05, 0.1) is 10.6 Å². The Labute approximate surface area is 112 Å². The molecule has 0 fully saturated rings. The van der Waals surface area contributed by atoms with Crippen molar-refractivity contribution in [1.82, 2.24) is 4.90 Å². The number of halogens is 1. The van der Waals surface area contributed by atoms with Crippen LogP contribution in [0.2, 0.25) is 0 Å². The highest BCUT2D eigenvalue weighted by atomic mass is 79.9. The van der Waals surface area contributed by atoms with Crippen molar-refractivity contribution in [2.45, 2.75) is 19.4 Å². The number of likely N-dealkylation sites (N-methyl/N-ethyl adjacent to an activating group) is 1. The fraction of sp³-hybridized carbons (Fsp3) is 0.538. The zero-order valence-electron chi connectivity index (χ0n) is 10.4. The van der Waals surface area contributed by atoms with Crippen LogP contribution in [-0.4, -0.2) is 42.9 Å². The van der Waals surface area contributed by atoms with Crippen LogP contribution >= 0.6 is 15.9 Å². The van der Waals surface area contributed by atoms with Gasteiger partial charge in [0.1, 0.15) is 12.4 Å². The van der Waals surface area contributed by atoms with E-state index in [0.717, 1.165) is 29.7 Å². The lowest BCUT2D eigenvalue weighted by Crippen LogP contribution is -2.27. The number of aliphatic hydroxyl groups excluding tert-OH is 1. The fourth-order valence-electron chi connectivity index (χ4n) is 1.39. The van der Waals surface area contributed by atoms with E-state index >= 15 is 0 Å². The standard InChI is InChI=1S/C13H20BrNO2/c1-11(16)7-8-15(2)9-10-17-13-6-4-3-5-12(13)14/h3-6,11,16H,7-10H2,1-2H3. The lowest BCUT2D eigenvalue weighted by Gasteiger charge is -2.18. The molecule has 0 aliphatic rings. The van der Waals surface area contributed by atoms with Crippen molar-refractivity contribution in [3.63, 3.8) is 0 Å². The minimum Gasteiger partial charge on any atom is -0.491 e. The first-order chi connectivity index (χ1) is 8.09. The highest BCUT2D eigenvalue weighted by Crippen LogP contribution is 2.23. The van der Waals surface area contributed by atoms with Crippen molar-refractivity contribution >= 4 is 15.9 Å². The summed E-state index contributed by atoms with van der Waals surface area (Å²) in [4.78, 5) is 2.16. The third-order valence-electron chi connectivity index (χ3n) is 2.50. The first-order valence-electron chi connectivity index (χ1n) is 5.83. The fourth-order valence-corrected chi connectivity index (χ4v) is 1.79. The number of benzene rings is 1. The van der Waals surface area contributed by atoms with Crippen LogP contribution in [-0.2, 0) is 0 Å². The molecule has 1 aromatic rings. The minimum atomic E-state index is -0.235. The number of hydrogen-bond acceptors (Lipinski definition) is 3. The molecule has 0 amide bonds. The van der Waals surface area contributed by atoms with Crippen molar-refractivity contribution in [3.05, 3.63) is 28.7 Å². The Hall–Kier alpha value is -0.580. The van der Waals surface area contributed by atoms with Crippen LogP contribution < -0.4 is 4.74 Å². The van der Waals surface area contributed by atoms with Crippen LogP contribution in [0.3, 0.4) is 0 Å². The van der Waals surface area contributed by atoms with E-state index in [9.17, 15) is 5.11 Å². The average Bonchev–Trinajstić information content (AvgIpc) is 2.29. The van der Waals surface area contributed by atoms with Gasteiger partial charge in [0.15, 0.2) is 0 Å². The number of nitrogens with zero attached hydrogens (tertiary/aromatic N) is 1. The molecule has 1 atom stereocenters. The predicted octanol–water partition coefficient (Wildman–Crippen LogP) is 2.53. The SMILES string of the molecule is CC(O)CCN(C)CCOc1ccccc1Br. The van der Waals surface area contributed by atoms with Crippen molar-refractivity contribution in [3.8, 4) is 5.75 Å². The molecule has 0 aromatic heterocycles. The van der Waals surface area contributed by atoms with Crippen molar-refractivity contribution < 1.29 is 9.84 Å². The molecule has 0 aliphatic carbocycles. The number of para-hydroxylation sites is 1. The average molecular weight is 302 g/mol. The second-order valence-corrected chi connectivity index (χ2v) is 5.07. The molecule has 0 radical (unpaired) electrons. The Morgan fingerprint density at radius 3 is 2.71 bits per heavy atom. The molecule has 0 spiro atoms. The third kappa shape index (κ3) is 6.05. The van der Waals surface area contributed by atoms with E-state index in [-0.39, 0.29) is 6.10 Å². The molecule has 1 rings (SSSR count). The summed E-state index contributed by atoms with van der Waals surface area (Å²) in [6, 6.07) is 7.83. The van der Waals surface area contributed by atoms with Crippen LogP contribution in [0, 0.1) is 0 Å². The topological polar surface area (TPSA) is 32.7 Å². The highest BCUT2D eigenvalue weighted by molar-refractivity contribution is 9.10. The van der Waals surface area contributed by atoms with Crippen LogP contribution in [0.1, 0.15) is 13.3 Å². The molecule has 0 aliphatic heterocycles. The van der Waals surface area contributed by atoms with Crippen LogP contribution in [0.25, 0.3) is 0 Å². The maximum absolute atomic E-state index is 9.18. The van der Waals surface area contributed by atoms with Crippen LogP contribution in [0.5, 0.6) is 5.75 Å². The van der Waals surface area contributed by atoms with Gasteiger partial charge in [-0.2, -0.15) is 0 Å². The molecule has 1 N–H and O–H groups in total. The van der Waals surface area contributed by atoms with Gasteiger partial charge in [-0.05, 0) is 48.5 Å². The molecule has 3 nitrogen and oxygen atoms in total. The van der Waals surface area contributed by atoms with E-state index < -0.39 is 0 Å². The second kappa shape index (κ2) is 7.69. The summed E-state index contributed by atoms with van der Waals surface area (Å²) < 4.78 is 6.64. The monoisotopic (exact) mass is 301 g/mol. The molecule has 17 heavy (non-hydrogen) atoms. The molecule has 4 heteroatoms. The predicted molar refractivity (Wildman–Crippen MR) is 73.4 cm³/mol. The third-order valence-corrected chi connectivity index (χ3v) is 3.15. The largest absolute Gasteiger partial charge is 0.491 e. The number of ether oxygens (including phenoxy) is 1. The maximum atomic E-state index is 9.18. The van der Waals surface area contributed by atoms with Crippen molar-refractivity contribution in [2.75, 3.05) is 26.7 Å². The smallest absolute Gasteiger partial charge is 0.133 e. The quantitative estimate of drug-likeness (QED) is 0.840. The molecular weight excluding hydrogens is 282 g/mol. The normalized spacial score (nSPS) is 12.8. The van der Waals surface area contributed by atoms with E-state index in [4.69, 9.17) is 4.74 Å². The second-order valence-electron chi connectivity index (χ2n) is 4.22. The van der Waals surface area contributed by atoms with Crippen molar-refractivity contribution in [2.24, 2.45) is 0 Å². The van der Waals surface area contributed by atoms with Crippen LogP contribution in [0.4, 0.5) is 0 Å². The van der Waals surface area contributed by atoms with E-state index in [0.29, 0.717) is 6.61 Å². The zero-order valence-corrected chi connectivity index (χ0v) is 12.0. The van der Waals surface area contributed by atoms with Crippen LogP contribution in [0.15, 0.2) is 28.7 Å². The summed E-state index contributed by atoms with van der Waals surface area (Å²) >= 11 is 3.44. The van der Waals surface area contributed by atoms with E-state index in [1.54, 1.807) is 0 Å². The summed E-state index contributed by atoms with van der Waals surface area (Å²) in [5, 5.41) is 9.18. The molecule has 0 saturated heterocycles. The van der Waals surface area contributed by atoms with Gasteiger partial charge in [0.2, 0.25) is 0 Å². The number of rotatable bonds is 7. The summed E-state index contributed by atoms with van der Waals surface area (Å²) in [6.45, 7) is 4.20. The Morgan fingerprint density at radius 2 is 2.06 bits per heavy atom. The Balaban J connectivity index is 2.21. The molecular formula is C13H20BrNO2. The van der Waals surface area contributed by atoms with Gasteiger partial charge in [-0.15, -0.1) is 0 Å². The summed E-state index contributed by atoms with van der Waals surface area (Å²) in [5.74, 6) is 0.872. The summed E-state index contributed by atoms with van der Waals surface area (Å²) in [7, 11) is 2.03. The highest BCUT2D eigenvalue weighted by Gasteiger charge is 2.03. The lowest BCUT2D eigenvalue weighted by atomic mass is 10.3. The van der Waals surface area contributed by atoms with E-state index in [1.165, 1.54) is 0 Å². The molecule has 0 saturated carbocycles. The van der Waals surface area contributed by atoms with Gasteiger partial charge in [0.25, 0.3) is 0 Å². The van der Waals surface area contributed by atoms with E-state index in [1.807, 2.05) is 38.2 Å². The molecule has 1 aromatic carbocycles. The van der Waals surface area contributed by atoms with Gasteiger partial charge in [0, 0.05) is 13.1 Å². The first kappa shape index (κ1) is 14.5. The summed E-state index contributed by atoms with van der Waals surface area (Å²) in [6.07, 6.45) is 0.563. The summed E-state index contributed by atoms with van der Waals surface area (Å²) in [5.41, 5.74) is 0. The van der Waals surface area contributed by atoms with Crippen molar-refractivity contribution in [1.29, 1.82) is 0 Å². The van der Waals surface area contributed by atoms with Gasteiger partial charge >= 0.3 is 0 Å². The van der Waals surface area contributed by atoms with Gasteiger partial charge in [-0.25, -0.2) is 0 Å². The molecule has 1 unspecified atom stereocenters. The Morgan fingerprint density at radius 1 is 1.35 bits per heavy atom. The lowest BCUT2D eigenvalue weighted by molar-refractivity contribution is 0.157. The number of aliphatic hydroxyl groups is 1. The minimum absolute atomic E-state index is 0.235. The molecule has 96 valence electrons. The maximum Gasteiger partial charge on any atom is 0.133 e.